The molecule has 6 nitrogen and oxygen atoms in total. The van der Waals surface area contributed by atoms with Gasteiger partial charge < -0.3 is 11.1 Å². The fourth-order valence-electron chi connectivity index (χ4n) is 1.59. The Hall–Kier alpha value is -1.65. The minimum Gasteiger partial charge on any atom is -0.343 e. The summed E-state index contributed by atoms with van der Waals surface area (Å²) in [4.78, 5) is 11.4. The Balaban J connectivity index is 2.81. The summed E-state index contributed by atoms with van der Waals surface area (Å²) in [5, 5.41) is 1.68. The molecule has 1 aromatic rings. The van der Waals surface area contributed by atoms with E-state index in [9.17, 15) is 26.4 Å². The Morgan fingerprint density at radius 2 is 2.00 bits per heavy atom. The molecule has 0 saturated carbocycles. The lowest BCUT2D eigenvalue weighted by atomic mass is 10.2. The SMILES string of the molecule is CC(N)CCNS(=O)(=O)c1cccc(C(=O)NCC(F)(F)F)c1. The van der Waals surface area contributed by atoms with Gasteiger partial charge in [-0.1, -0.05) is 6.07 Å². The van der Waals surface area contributed by atoms with Crippen LogP contribution in [0.2, 0.25) is 0 Å². The van der Waals surface area contributed by atoms with Crippen molar-refractivity contribution >= 4 is 15.9 Å². The number of rotatable bonds is 7. The van der Waals surface area contributed by atoms with Crippen LogP contribution in [0.4, 0.5) is 13.2 Å². The van der Waals surface area contributed by atoms with Crippen LogP contribution < -0.4 is 15.8 Å². The average molecular weight is 353 g/mol. The third kappa shape index (κ3) is 6.97. The maximum Gasteiger partial charge on any atom is 0.405 e. The van der Waals surface area contributed by atoms with Gasteiger partial charge in [-0.05, 0) is 31.5 Å². The summed E-state index contributed by atoms with van der Waals surface area (Å²) in [5.74, 6) is -1.00. The molecule has 0 bridgehead atoms. The third-order valence-electron chi connectivity index (χ3n) is 2.75. The lowest BCUT2D eigenvalue weighted by Gasteiger charge is -2.11. The zero-order valence-electron chi connectivity index (χ0n) is 12.4. The first-order valence-corrected chi connectivity index (χ1v) is 8.20. The van der Waals surface area contributed by atoms with Crippen LogP contribution in [0.1, 0.15) is 23.7 Å². The summed E-state index contributed by atoms with van der Waals surface area (Å²) in [6, 6.07) is 4.58. The van der Waals surface area contributed by atoms with E-state index in [0.29, 0.717) is 6.42 Å². The van der Waals surface area contributed by atoms with Crippen molar-refractivity contribution in [1.29, 1.82) is 0 Å². The Kier molecular flexibility index (Phi) is 6.54. The highest BCUT2D eigenvalue weighted by molar-refractivity contribution is 7.89. The zero-order valence-corrected chi connectivity index (χ0v) is 13.2. The van der Waals surface area contributed by atoms with Crippen LogP contribution in [0.3, 0.4) is 0 Å². The van der Waals surface area contributed by atoms with E-state index in [1.807, 2.05) is 0 Å². The molecule has 0 fully saturated rings. The minimum atomic E-state index is -4.54. The topological polar surface area (TPSA) is 101 Å². The summed E-state index contributed by atoms with van der Waals surface area (Å²) in [7, 11) is -3.86. The summed E-state index contributed by atoms with van der Waals surface area (Å²) < 4.78 is 62.6. The third-order valence-corrected chi connectivity index (χ3v) is 4.21. The van der Waals surface area contributed by atoms with Crippen molar-refractivity contribution in [2.24, 2.45) is 5.73 Å². The van der Waals surface area contributed by atoms with E-state index in [4.69, 9.17) is 5.73 Å². The van der Waals surface area contributed by atoms with Crippen molar-refractivity contribution in [2.45, 2.75) is 30.5 Å². The molecule has 4 N–H and O–H groups in total. The molecule has 1 rings (SSSR count). The Labute approximate surface area is 132 Å². The summed E-state index contributed by atoms with van der Waals surface area (Å²) in [6.07, 6.45) is -4.12. The molecule has 0 aliphatic rings. The van der Waals surface area contributed by atoms with Crippen molar-refractivity contribution in [3.63, 3.8) is 0 Å². The number of carbonyl (C=O) groups excluding carboxylic acids is 1. The van der Waals surface area contributed by atoms with E-state index in [1.54, 1.807) is 12.2 Å². The van der Waals surface area contributed by atoms with Crippen LogP contribution >= 0.6 is 0 Å². The number of amides is 1. The largest absolute Gasteiger partial charge is 0.405 e. The first kappa shape index (κ1) is 19.4. The van der Waals surface area contributed by atoms with E-state index in [-0.39, 0.29) is 23.0 Å². The monoisotopic (exact) mass is 353 g/mol. The molecule has 0 heterocycles. The predicted octanol–water partition coefficient (Wildman–Crippen LogP) is 0.994. The number of nitrogens with one attached hydrogen (secondary N) is 2. The molecule has 1 aromatic carbocycles. The Morgan fingerprint density at radius 3 is 2.57 bits per heavy atom. The fraction of sp³-hybridized carbons (Fsp3) is 0.462. The Morgan fingerprint density at radius 1 is 1.35 bits per heavy atom. The first-order chi connectivity index (χ1) is 10.5. The summed E-state index contributed by atoms with van der Waals surface area (Å²) in [6.45, 7) is 0.347. The fourth-order valence-corrected chi connectivity index (χ4v) is 2.68. The lowest BCUT2D eigenvalue weighted by Crippen LogP contribution is -2.34. The van der Waals surface area contributed by atoms with Crippen LogP contribution in [0.25, 0.3) is 0 Å². The Bertz CT molecular complexity index is 645. The van der Waals surface area contributed by atoms with Crippen LogP contribution in [0.5, 0.6) is 0 Å². The molecule has 130 valence electrons. The smallest absolute Gasteiger partial charge is 0.343 e. The van der Waals surface area contributed by atoms with Gasteiger partial charge in [0.25, 0.3) is 5.91 Å². The van der Waals surface area contributed by atoms with Crippen LogP contribution in [-0.4, -0.2) is 39.6 Å². The van der Waals surface area contributed by atoms with Crippen molar-refractivity contribution in [1.82, 2.24) is 10.0 Å². The quantitative estimate of drug-likeness (QED) is 0.680. The number of halogens is 3. The van der Waals surface area contributed by atoms with E-state index >= 15 is 0 Å². The number of hydrogen-bond acceptors (Lipinski definition) is 4. The molecule has 23 heavy (non-hydrogen) atoms. The van der Waals surface area contributed by atoms with Crippen molar-refractivity contribution < 1.29 is 26.4 Å². The lowest BCUT2D eigenvalue weighted by molar-refractivity contribution is -0.123. The predicted molar refractivity (Wildman–Crippen MR) is 78.3 cm³/mol. The van der Waals surface area contributed by atoms with Gasteiger partial charge in [-0.2, -0.15) is 13.2 Å². The highest BCUT2D eigenvalue weighted by atomic mass is 32.2. The number of alkyl halides is 3. The van der Waals surface area contributed by atoms with E-state index in [1.165, 1.54) is 18.2 Å². The maximum atomic E-state index is 12.1. The molecule has 0 radical (unpaired) electrons. The van der Waals surface area contributed by atoms with Crippen LogP contribution in [-0.2, 0) is 10.0 Å². The second-order valence-electron chi connectivity index (χ2n) is 4.99. The van der Waals surface area contributed by atoms with Gasteiger partial charge in [0.2, 0.25) is 10.0 Å². The van der Waals surface area contributed by atoms with Gasteiger partial charge in [-0.3, -0.25) is 4.79 Å². The molecule has 1 amide bonds. The van der Waals surface area contributed by atoms with Crippen LogP contribution in [0, 0.1) is 0 Å². The van der Waals surface area contributed by atoms with Gasteiger partial charge in [0.1, 0.15) is 6.54 Å². The van der Waals surface area contributed by atoms with Gasteiger partial charge in [0.05, 0.1) is 4.90 Å². The minimum absolute atomic E-state index is 0.116. The summed E-state index contributed by atoms with van der Waals surface area (Å²) >= 11 is 0. The van der Waals surface area contributed by atoms with Gasteiger partial charge in [0.15, 0.2) is 0 Å². The van der Waals surface area contributed by atoms with Gasteiger partial charge >= 0.3 is 6.18 Å². The molecule has 0 spiro atoms. The van der Waals surface area contributed by atoms with E-state index in [0.717, 1.165) is 6.07 Å². The van der Waals surface area contributed by atoms with E-state index in [2.05, 4.69) is 4.72 Å². The van der Waals surface area contributed by atoms with Gasteiger partial charge in [0, 0.05) is 18.2 Å². The standard InChI is InChI=1S/C13H18F3N3O3S/c1-9(17)5-6-19-23(21,22)11-4-2-3-10(7-11)12(20)18-8-13(14,15)16/h2-4,7,9,19H,5-6,8,17H2,1H3,(H,18,20). The number of benzene rings is 1. The van der Waals surface area contributed by atoms with Crippen molar-refractivity contribution in [2.75, 3.05) is 13.1 Å². The first-order valence-electron chi connectivity index (χ1n) is 6.71. The number of nitrogens with two attached hydrogens (primary N) is 1. The van der Waals surface area contributed by atoms with E-state index < -0.39 is 28.7 Å². The molecule has 0 saturated heterocycles. The van der Waals surface area contributed by atoms with Crippen molar-refractivity contribution in [3.05, 3.63) is 29.8 Å². The molecule has 1 atom stereocenters. The molecule has 0 aliphatic heterocycles. The summed E-state index contributed by atoms with van der Waals surface area (Å²) in [5.41, 5.74) is 5.34. The maximum absolute atomic E-state index is 12.1. The number of sulfonamides is 1. The molecule has 10 heteroatoms. The second-order valence-corrected chi connectivity index (χ2v) is 6.76. The van der Waals surface area contributed by atoms with Gasteiger partial charge in [-0.15, -0.1) is 0 Å². The second kappa shape index (κ2) is 7.75. The highest BCUT2D eigenvalue weighted by Gasteiger charge is 2.28. The van der Waals surface area contributed by atoms with Crippen LogP contribution in [0.15, 0.2) is 29.2 Å². The molecule has 0 aliphatic carbocycles. The normalized spacial score (nSPS) is 13.6. The molecular weight excluding hydrogens is 335 g/mol. The average Bonchev–Trinajstić information content (AvgIpc) is 2.43. The molecule has 0 aromatic heterocycles. The number of carbonyl (C=O) groups is 1. The zero-order chi connectivity index (χ0) is 17.7. The number of hydrogen-bond donors (Lipinski definition) is 3. The van der Waals surface area contributed by atoms with Gasteiger partial charge in [-0.25, -0.2) is 13.1 Å². The molecule has 1 unspecified atom stereocenters. The van der Waals surface area contributed by atoms with Crippen molar-refractivity contribution in [3.8, 4) is 0 Å². The highest BCUT2D eigenvalue weighted by Crippen LogP contribution is 2.14. The molecular formula is C13H18F3N3O3S.